The highest BCUT2D eigenvalue weighted by atomic mass is 32.2. The SMILES string of the molecule is Cc1ccc(-c2nc(C[S@@](=O)CCC(=O)Nc3ccccc3)cs2)cc1. The lowest BCUT2D eigenvalue weighted by molar-refractivity contribution is -0.115. The predicted molar refractivity (Wildman–Crippen MR) is 109 cm³/mol. The number of para-hydroxylation sites is 1. The molecular formula is C20H20N2O2S2. The minimum atomic E-state index is -1.11. The van der Waals surface area contributed by atoms with Gasteiger partial charge in [-0.05, 0) is 19.1 Å². The molecule has 0 saturated heterocycles. The van der Waals surface area contributed by atoms with E-state index in [4.69, 9.17) is 0 Å². The normalized spacial score (nSPS) is 11.9. The van der Waals surface area contributed by atoms with Crippen LogP contribution in [-0.4, -0.2) is 20.9 Å². The Balaban J connectivity index is 1.49. The number of hydrogen-bond donors (Lipinski definition) is 1. The molecule has 0 unspecified atom stereocenters. The van der Waals surface area contributed by atoms with Gasteiger partial charge < -0.3 is 5.32 Å². The van der Waals surface area contributed by atoms with Crippen molar-refractivity contribution in [1.29, 1.82) is 0 Å². The second-order valence-electron chi connectivity index (χ2n) is 5.96. The van der Waals surface area contributed by atoms with Gasteiger partial charge >= 0.3 is 0 Å². The van der Waals surface area contributed by atoms with Crippen LogP contribution in [0.3, 0.4) is 0 Å². The van der Waals surface area contributed by atoms with Crippen LogP contribution in [0.1, 0.15) is 17.7 Å². The van der Waals surface area contributed by atoms with Crippen molar-refractivity contribution in [3.05, 3.63) is 71.2 Å². The highest BCUT2D eigenvalue weighted by molar-refractivity contribution is 7.84. The maximum absolute atomic E-state index is 12.3. The molecule has 2 aromatic carbocycles. The summed E-state index contributed by atoms with van der Waals surface area (Å²) >= 11 is 1.55. The Labute approximate surface area is 159 Å². The van der Waals surface area contributed by atoms with Gasteiger partial charge in [-0.1, -0.05) is 48.0 Å². The first-order valence-electron chi connectivity index (χ1n) is 8.31. The molecule has 0 saturated carbocycles. The van der Waals surface area contributed by atoms with Crippen LogP contribution in [0.5, 0.6) is 0 Å². The van der Waals surface area contributed by atoms with E-state index in [9.17, 15) is 9.00 Å². The molecule has 1 amide bonds. The summed E-state index contributed by atoms with van der Waals surface area (Å²) in [4.78, 5) is 16.5. The molecule has 0 aliphatic carbocycles. The van der Waals surface area contributed by atoms with Gasteiger partial charge in [0.2, 0.25) is 5.91 Å². The number of hydrogen-bond acceptors (Lipinski definition) is 4. The van der Waals surface area contributed by atoms with Gasteiger partial charge in [0.25, 0.3) is 0 Å². The van der Waals surface area contributed by atoms with Crippen molar-refractivity contribution >= 4 is 33.7 Å². The third-order valence-corrected chi connectivity index (χ3v) is 5.99. The Morgan fingerprint density at radius 3 is 2.58 bits per heavy atom. The first-order chi connectivity index (χ1) is 12.6. The van der Waals surface area contributed by atoms with Crippen molar-refractivity contribution < 1.29 is 9.00 Å². The van der Waals surface area contributed by atoms with Crippen LogP contribution in [0.4, 0.5) is 5.69 Å². The standard InChI is InChI=1S/C20H20N2O2S2/c1-15-7-9-16(10-8-15)20-22-18(13-25-20)14-26(24)12-11-19(23)21-17-5-3-2-4-6-17/h2-10,13H,11-12,14H2,1H3,(H,21,23)/t26-/m0/s1. The molecular weight excluding hydrogens is 364 g/mol. The predicted octanol–water partition coefficient (Wildman–Crippen LogP) is 4.40. The summed E-state index contributed by atoms with van der Waals surface area (Å²) in [6.45, 7) is 2.05. The second kappa shape index (κ2) is 8.87. The number of rotatable bonds is 7. The van der Waals surface area contributed by atoms with Crippen molar-refractivity contribution in [2.45, 2.75) is 19.1 Å². The highest BCUT2D eigenvalue weighted by Crippen LogP contribution is 2.24. The minimum Gasteiger partial charge on any atom is -0.326 e. The monoisotopic (exact) mass is 384 g/mol. The lowest BCUT2D eigenvalue weighted by Crippen LogP contribution is -2.15. The molecule has 0 aliphatic rings. The molecule has 0 radical (unpaired) electrons. The molecule has 134 valence electrons. The Morgan fingerprint density at radius 2 is 1.85 bits per heavy atom. The summed E-state index contributed by atoms with van der Waals surface area (Å²) in [5.41, 5.74) is 3.85. The third-order valence-electron chi connectivity index (χ3n) is 3.77. The van der Waals surface area contributed by atoms with Gasteiger partial charge in [0.1, 0.15) is 5.01 Å². The van der Waals surface area contributed by atoms with E-state index in [1.165, 1.54) is 5.56 Å². The zero-order valence-corrected chi connectivity index (χ0v) is 16.1. The summed E-state index contributed by atoms with van der Waals surface area (Å²) in [6, 6.07) is 17.5. The highest BCUT2D eigenvalue weighted by Gasteiger charge is 2.10. The smallest absolute Gasteiger partial charge is 0.225 e. The number of benzene rings is 2. The van der Waals surface area contributed by atoms with Crippen LogP contribution in [-0.2, 0) is 21.3 Å². The van der Waals surface area contributed by atoms with Crippen molar-refractivity contribution in [1.82, 2.24) is 4.98 Å². The Kier molecular flexibility index (Phi) is 6.30. The van der Waals surface area contributed by atoms with Gasteiger partial charge in [0, 0.05) is 39.6 Å². The van der Waals surface area contributed by atoms with Crippen LogP contribution in [0.2, 0.25) is 0 Å². The summed E-state index contributed by atoms with van der Waals surface area (Å²) < 4.78 is 12.3. The van der Waals surface area contributed by atoms with E-state index < -0.39 is 10.8 Å². The fourth-order valence-electron chi connectivity index (χ4n) is 2.39. The summed E-state index contributed by atoms with van der Waals surface area (Å²) in [7, 11) is -1.11. The molecule has 1 heterocycles. The number of anilines is 1. The van der Waals surface area contributed by atoms with Crippen molar-refractivity contribution in [3.8, 4) is 10.6 Å². The van der Waals surface area contributed by atoms with Crippen molar-refractivity contribution in [2.24, 2.45) is 0 Å². The van der Waals surface area contributed by atoms with Gasteiger partial charge in [-0.2, -0.15) is 0 Å². The quantitative estimate of drug-likeness (QED) is 0.657. The zero-order valence-electron chi connectivity index (χ0n) is 14.5. The molecule has 3 aromatic rings. The average Bonchev–Trinajstić information content (AvgIpc) is 3.10. The Morgan fingerprint density at radius 1 is 1.12 bits per heavy atom. The van der Waals surface area contributed by atoms with E-state index in [2.05, 4.69) is 22.4 Å². The number of aromatic nitrogens is 1. The van der Waals surface area contributed by atoms with E-state index in [1.54, 1.807) is 11.3 Å². The van der Waals surface area contributed by atoms with E-state index in [0.717, 1.165) is 22.0 Å². The topological polar surface area (TPSA) is 59.1 Å². The molecule has 26 heavy (non-hydrogen) atoms. The molecule has 0 spiro atoms. The number of nitrogens with zero attached hydrogens (tertiary/aromatic N) is 1. The first-order valence-corrected chi connectivity index (χ1v) is 10.7. The maximum Gasteiger partial charge on any atom is 0.225 e. The number of aryl methyl sites for hydroxylation is 1. The van der Waals surface area contributed by atoms with Crippen LogP contribution in [0.15, 0.2) is 60.0 Å². The van der Waals surface area contributed by atoms with E-state index in [0.29, 0.717) is 11.5 Å². The summed E-state index contributed by atoms with van der Waals surface area (Å²) in [5, 5.41) is 5.68. The fourth-order valence-corrected chi connectivity index (χ4v) is 4.36. The van der Waals surface area contributed by atoms with Crippen molar-refractivity contribution in [2.75, 3.05) is 11.1 Å². The molecule has 3 rings (SSSR count). The molecule has 0 bridgehead atoms. The van der Waals surface area contributed by atoms with Crippen LogP contribution >= 0.6 is 11.3 Å². The van der Waals surface area contributed by atoms with Crippen LogP contribution in [0.25, 0.3) is 10.6 Å². The van der Waals surface area contributed by atoms with Crippen LogP contribution < -0.4 is 5.32 Å². The lowest BCUT2D eigenvalue weighted by atomic mass is 10.2. The first kappa shape index (κ1) is 18.5. The molecule has 0 aliphatic heterocycles. The number of carbonyl (C=O) groups excluding carboxylic acids is 1. The van der Waals surface area contributed by atoms with Gasteiger partial charge in [0.15, 0.2) is 0 Å². The van der Waals surface area contributed by atoms with Gasteiger partial charge in [-0.3, -0.25) is 9.00 Å². The van der Waals surface area contributed by atoms with E-state index in [-0.39, 0.29) is 12.3 Å². The summed E-state index contributed by atoms with van der Waals surface area (Å²) in [6.07, 6.45) is 0.233. The van der Waals surface area contributed by atoms with Gasteiger partial charge in [-0.25, -0.2) is 4.98 Å². The number of carbonyl (C=O) groups is 1. The Bertz CT molecular complexity index is 890. The molecule has 0 fully saturated rings. The molecule has 1 atom stereocenters. The van der Waals surface area contributed by atoms with Gasteiger partial charge in [0.05, 0.1) is 11.4 Å². The molecule has 4 nitrogen and oxygen atoms in total. The fraction of sp³-hybridized carbons (Fsp3) is 0.200. The number of nitrogens with one attached hydrogen (secondary N) is 1. The zero-order chi connectivity index (χ0) is 18.4. The maximum atomic E-state index is 12.3. The second-order valence-corrected chi connectivity index (χ2v) is 8.40. The summed E-state index contributed by atoms with van der Waals surface area (Å²) in [5.74, 6) is 0.583. The number of thiazole rings is 1. The molecule has 1 N–H and O–H groups in total. The molecule has 6 heteroatoms. The number of amides is 1. The minimum absolute atomic E-state index is 0.122. The largest absolute Gasteiger partial charge is 0.326 e. The Hall–Kier alpha value is -2.31. The van der Waals surface area contributed by atoms with E-state index >= 15 is 0 Å². The van der Waals surface area contributed by atoms with Crippen LogP contribution in [0, 0.1) is 6.92 Å². The average molecular weight is 385 g/mol. The van der Waals surface area contributed by atoms with E-state index in [1.807, 2.05) is 54.8 Å². The lowest BCUT2D eigenvalue weighted by Gasteiger charge is -2.04. The third kappa shape index (κ3) is 5.34. The van der Waals surface area contributed by atoms with Gasteiger partial charge in [-0.15, -0.1) is 11.3 Å². The van der Waals surface area contributed by atoms with Crippen molar-refractivity contribution in [3.63, 3.8) is 0 Å². The molecule has 1 aromatic heterocycles.